The number of nitrogen functional groups attached to an aromatic ring is 1. The van der Waals surface area contributed by atoms with Crippen LogP contribution in [0.1, 0.15) is 16.6 Å². The second-order valence-electron chi connectivity index (χ2n) is 4.04. The van der Waals surface area contributed by atoms with Gasteiger partial charge in [0.25, 0.3) is 5.91 Å². The molecule has 2 rings (SSSR count). The number of carbonyl (C=O) groups excluding carboxylic acids is 2. The van der Waals surface area contributed by atoms with Crippen LogP contribution in [0.3, 0.4) is 0 Å². The largest absolute Gasteiger partial charge is 0.397 e. The molecule has 0 aliphatic carbocycles. The predicted octanol–water partition coefficient (Wildman–Crippen LogP) is 2.68. The molecule has 1 aromatic heterocycles. The lowest BCUT2D eigenvalue weighted by Gasteiger charge is -2.08. The Kier molecular flexibility index (Phi) is 3.99. The molecule has 20 heavy (non-hydrogen) atoms. The number of thiophene rings is 1. The smallest absolute Gasteiger partial charge is 0.267 e. The number of hydrogen-bond acceptors (Lipinski definition) is 4. The molecular formula is C13H12FN3O2S. The molecule has 0 radical (unpaired) electrons. The highest BCUT2D eigenvalue weighted by Crippen LogP contribution is 2.23. The lowest BCUT2D eigenvalue weighted by molar-refractivity contribution is -0.114. The quantitative estimate of drug-likeness (QED) is 0.813. The first kappa shape index (κ1) is 14.0. The van der Waals surface area contributed by atoms with Gasteiger partial charge in [0.05, 0.1) is 11.4 Å². The fourth-order valence-electron chi connectivity index (χ4n) is 1.58. The Hall–Kier alpha value is -2.41. The molecule has 0 unspecified atom stereocenters. The van der Waals surface area contributed by atoms with Crippen molar-refractivity contribution in [1.82, 2.24) is 0 Å². The van der Waals surface area contributed by atoms with Gasteiger partial charge in [0.1, 0.15) is 10.7 Å². The maximum absolute atomic E-state index is 13.5. The lowest BCUT2D eigenvalue weighted by Crippen LogP contribution is -2.13. The summed E-state index contributed by atoms with van der Waals surface area (Å²) in [7, 11) is 0. The van der Waals surface area contributed by atoms with Gasteiger partial charge in [-0.3, -0.25) is 9.59 Å². The van der Waals surface area contributed by atoms with E-state index in [1.807, 2.05) is 0 Å². The minimum absolute atomic E-state index is 0.00875. The van der Waals surface area contributed by atoms with Crippen molar-refractivity contribution in [2.45, 2.75) is 6.92 Å². The number of halogens is 1. The van der Waals surface area contributed by atoms with Crippen molar-refractivity contribution < 1.29 is 14.0 Å². The van der Waals surface area contributed by atoms with Crippen LogP contribution in [0.25, 0.3) is 0 Å². The SMILES string of the molecule is CC(=O)Nc1cc(NC(=O)c2sccc2N)ccc1F. The molecule has 1 heterocycles. The predicted molar refractivity (Wildman–Crippen MR) is 77.4 cm³/mol. The Morgan fingerprint density at radius 2 is 2.00 bits per heavy atom. The summed E-state index contributed by atoms with van der Waals surface area (Å²) in [5, 5.41) is 6.65. The molecule has 7 heteroatoms. The van der Waals surface area contributed by atoms with Crippen molar-refractivity contribution in [3.63, 3.8) is 0 Å². The van der Waals surface area contributed by atoms with Gasteiger partial charge in [0.2, 0.25) is 5.91 Å². The molecule has 0 aliphatic heterocycles. The Morgan fingerprint density at radius 3 is 2.60 bits per heavy atom. The van der Waals surface area contributed by atoms with Crippen LogP contribution < -0.4 is 16.4 Å². The van der Waals surface area contributed by atoms with Crippen molar-refractivity contribution in [3.05, 3.63) is 40.3 Å². The molecule has 5 nitrogen and oxygen atoms in total. The third kappa shape index (κ3) is 3.12. The van der Waals surface area contributed by atoms with Gasteiger partial charge in [-0.05, 0) is 29.6 Å². The third-order valence-corrected chi connectivity index (χ3v) is 3.37. The number of rotatable bonds is 3. The van der Waals surface area contributed by atoms with E-state index in [1.54, 1.807) is 11.4 Å². The first-order valence-electron chi connectivity index (χ1n) is 5.69. The number of amides is 2. The molecule has 0 atom stereocenters. The number of hydrogen-bond donors (Lipinski definition) is 3. The molecule has 1 aromatic carbocycles. The van der Waals surface area contributed by atoms with E-state index in [0.29, 0.717) is 16.3 Å². The molecule has 0 aliphatic rings. The second-order valence-corrected chi connectivity index (χ2v) is 4.95. The summed E-state index contributed by atoms with van der Waals surface area (Å²) in [6.45, 7) is 1.27. The molecule has 2 aromatic rings. The molecule has 4 N–H and O–H groups in total. The first-order valence-corrected chi connectivity index (χ1v) is 6.57. The number of anilines is 3. The van der Waals surface area contributed by atoms with E-state index in [2.05, 4.69) is 10.6 Å². The highest BCUT2D eigenvalue weighted by molar-refractivity contribution is 7.12. The summed E-state index contributed by atoms with van der Waals surface area (Å²) in [6.07, 6.45) is 0. The summed E-state index contributed by atoms with van der Waals surface area (Å²) in [4.78, 5) is 23.3. The van der Waals surface area contributed by atoms with Crippen molar-refractivity contribution >= 4 is 40.2 Å². The van der Waals surface area contributed by atoms with Crippen LogP contribution in [0.15, 0.2) is 29.6 Å². The van der Waals surface area contributed by atoms with Gasteiger partial charge in [-0.15, -0.1) is 11.3 Å². The molecule has 0 fully saturated rings. The van der Waals surface area contributed by atoms with Gasteiger partial charge in [0, 0.05) is 12.6 Å². The Morgan fingerprint density at radius 1 is 1.25 bits per heavy atom. The standard InChI is InChI=1S/C13H12FN3O2S/c1-7(18)16-11-6-8(2-3-9(11)14)17-13(19)12-10(15)4-5-20-12/h2-6H,15H2,1H3,(H,16,18)(H,17,19). The molecule has 0 saturated heterocycles. The second kappa shape index (κ2) is 5.70. The lowest BCUT2D eigenvalue weighted by atomic mass is 10.2. The van der Waals surface area contributed by atoms with Crippen LogP contribution in [0.5, 0.6) is 0 Å². The van der Waals surface area contributed by atoms with E-state index in [9.17, 15) is 14.0 Å². The summed E-state index contributed by atoms with van der Waals surface area (Å²) in [6, 6.07) is 5.55. The minimum Gasteiger partial charge on any atom is -0.397 e. The Balaban J connectivity index is 2.20. The van der Waals surface area contributed by atoms with Gasteiger partial charge in [-0.25, -0.2) is 4.39 Å². The summed E-state index contributed by atoms with van der Waals surface area (Å²) in [5.41, 5.74) is 6.41. The molecular weight excluding hydrogens is 281 g/mol. The van der Waals surface area contributed by atoms with Crippen molar-refractivity contribution in [1.29, 1.82) is 0 Å². The van der Waals surface area contributed by atoms with Gasteiger partial charge in [0.15, 0.2) is 0 Å². The molecule has 2 amide bonds. The van der Waals surface area contributed by atoms with E-state index in [1.165, 1.54) is 36.5 Å². The zero-order valence-electron chi connectivity index (χ0n) is 10.6. The van der Waals surface area contributed by atoms with Crippen LogP contribution >= 0.6 is 11.3 Å². The van der Waals surface area contributed by atoms with Crippen LogP contribution in [-0.2, 0) is 4.79 Å². The van der Waals surface area contributed by atoms with E-state index in [4.69, 9.17) is 5.73 Å². The highest BCUT2D eigenvalue weighted by Gasteiger charge is 2.12. The third-order valence-electron chi connectivity index (χ3n) is 2.44. The van der Waals surface area contributed by atoms with Crippen LogP contribution in [0, 0.1) is 5.82 Å². The van der Waals surface area contributed by atoms with E-state index in [0.717, 1.165) is 0 Å². The van der Waals surface area contributed by atoms with Crippen LogP contribution in [-0.4, -0.2) is 11.8 Å². The van der Waals surface area contributed by atoms with Crippen LogP contribution in [0.2, 0.25) is 0 Å². The zero-order chi connectivity index (χ0) is 14.7. The van der Waals surface area contributed by atoms with E-state index in [-0.39, 0.29) is 11.6 Å². The minimum atomic E-state index is -0.575. The molecule has 0 saturated carbocycles. The maximum Gasteiger partial charge on any atom is 0.267 e. The number of nitrogens with two attached hydrogens (primary N) is 1. The first-order chi connectivity index (χ1) is 9.47. The average molecular weight is 293 g/mol. The van der Waals surface area contributed by atoms with Gasteiger partial charge in [-0.1, -0.05) is 0 Å². The fraction of sp³-hybridized carbons (Fsp3) is 0.0769. The number of carbonyl (C=O) groups is 2. The topological polar surface area (TPSA) is 84.2 Å². The number of benzene rings is 1. The van der Waals surface area contributed by atoms with Crippen molar-refractivity contribution in [2.24, 2.45) is 0 Å². The molecule has 104 valence electrons. The van der Waals surface area contributed by atoms with Crippen molar-refractivity contribution in [3.8, 4) is 0 Å². The zero-order valence-corrected chi connectivity index (χ0v) is 11.4. The van der Waals surface area contributed by atoms with Crippen molar-refractivity contribution in [2.75, 3.05) is 16.4 Å². The van der Waals surface area contributed by atoms with E-state index >= 15 is 0 Å². The highest BCUT2D eigenvalue weighted by atomic mass is 32.1. The Labute approximate surface area is 118 Å². The van der Waals surface area contributed by atoms with E-state index < -0.39 is 11.7 Å². The Bertz CT molecular complexity index is 669. The summed E-state index contributed by atoms with van der Waals surface area (Å²) >= 11 is 1.21. The average Bonchev–Trinajstić information content (AvgIpc) is 2.79. The molecule has 0 spiro atoms. The van der Waals surface area contributed by atoms with Gasteiger partial charge < -0.3 is 16.4 Å². The summed E-state index contributed by atoms with van der Waals surface area (Å²) < 4.78 is 13.5. The van der Waals surface area contributed by atoms with Crippen LogP contribution in [0.4, 0.5) is 21.5 Å². The monoisotopic (exact) mass is 293 g/mol. The summed E-state index contributed by atoms with van der Waals surface area (Å²) in [5.74, 6) is -1.35. The van der Waals surface area contributed by atoms with Gasteiger partial charge in [-0.2, -0.15) is 0 Å². The maximum atomic E-state index is 13.5. The van der Waals surface area contributed by atoms with Gasteiger partial charge >= 0.3 is 0 Å². The number of nitrogens with one attached hydrogen (secondary N) is 2. The normalized spacial score (nSPS) is 10.1. The fourth-order valence-corrected chi connectivity index (χ4v) is 2.29. The molecule has 0 bridgehead atoms.